The number of piperidine rings is 1. The average molecular weight is 297 g/mol. The minimum absolute atomic E-state index is 0.0481. The maximum atomic E-state index is 12.6. The van der Waals surface area contributed by atoms with Gasteiger partial charge >= 0.3 is 0 Å². The zero-order chi connectivity index (χ0) is 14.9. The monoisotopic (exact) mass is 297 g/mol. The highest BCUT2D eigenvalue weighted by atomic mass is 16.5. The molecule has 1 aliphatic heterocycles. The number of aromatic nitrogens is 4. The topological polar surface area (TPSA) is 76.5 Å². The third kappa shape index (κ3) is 2.14. The second-order valence-electron chi connectivity index (χ2n) is 5.37. The summed E-state index contributed by atoms with van der Waals surface area (Å²) in [6, 6.07) is 3.50. The summed E-state index contributed by atoms with van der Waals surface area (Å²) in [5, 5.41) is 3.62. The molecule has 7 nitrogen and oxygen atoms in total. The molecule has 3 aromatic rings. The van der Waals surface area contributed by atoms with Crippen molar-refractivity contribution in [1.29, 1.82) is 0 Å². The van der Waals surface area contributed by atoms with Crippen molar-refractivity contribution >= 4 is 11.7 Å². The molecule has 1 unspecified atom stereocenters. The summed E-state index contributed by atoms with van der Waals surface area (Å²) in [5.74, 6) is 0.788. The van der Waals surface area contributed by atoms with Crippen molar-refractivity contribution in [3.05, 3.63) is 48.4 Å². The number of amides is 1. The van der Waals surface area contributed by atoms with Gasteiger partial charge in [0.05, 0.1) is 17.9 Å². The molecule has 7 heteroatoms. The van der Waals surface area contributed by atoms with E-state index in [0.717, 1.165) is 25.0 Å². The molecule has 22 heavy (non-hydrogen) atoms. The average Bonchev–Trinajstić information content (AvgIpc) is 3.24. The fraction of sp³-hybridized carbons (Fsp3) is 0.333. The molecule has 1 amide bonds. The second kappa shape index (κ2) is 5.25. The van der Waals surface area contributed by atoms with Crippen LogP contribution in [0.15, 0.2) is 41.4 Å². The fourth-order valence-electron chi connectivity index (χ4n) is 2.95. The minimum Gasteiger partial charge on any atom is -0.351 e. The molecule has 0 aliphatic carbocycles. The molecule has 4 heterocycles. The summed E-state index contributed by atoms with van der Waals surface area (Å²) >= 11 is 0. The first-order valence-electron chi connectivity index (χ1n) is 7.34. The number of carbonyl (C=O) groups is 1. The van der Waals surface area contributed by atoms with Crippen LogP contribution in [-0.2, 0) is 0 Å². The zero-order valence-electron chi connectivity index (χ0n) is 11.9. The predicted molar refractivity (Wildman–Crippen MR) is 77.1 cm³/mol. The number of likely N-dealkylation sites (tertiary alicyclic amines) is 1. The Morgan fingerprint density at radius 3 is 3.05 bits per heavy atom. The first-order chi connectivity index (χ1) is 10.8. The van der Waals surface area contributed by atoms with Crippen molar-refractivity contribution in [2.45, 2.75) is 25.3 Å². The van der Waals surface area contributed by atoms with E-state index in [1.54, 1.807) is 12.3 Å². The molecule has 0 radical (unpaired) electrons. The Bertz CT molecular complexity index is 795. The molecule has 0 aromatic carbocycles. The van der Waals surface area contributed by atoms with Crippen LogP contribution in [-0.4, -0.2) is 36.9 Å². The van der Waals surface area contributed by atoms with Crippen LogP contribution in [0.5, 0.6) is 0 Å². The van der Waals surface area contributed by atoms with E-state index in [1.807, 2.05) is 27.8 Å². The van der Waals surface area contributed by atoms with Gasteiger partial charge < -0.3 is 9.42 Å². The molecule has 0 N–H and O–H groups in total. The van der Waals surface area contributed by atoms with Gasteiger partial charge in [0.1, 0.15) is 0 Å². The van der Waals surface area contributed by atoms with Crippen LogP contribution in [0, 0.1) is 0 Å². The molecule has 3 aromatic heterocycles. The van der Waals surface area contributed by atoms with E-state index in [4.69, 9.17) is 4.52 Å². The number of imidazole rings is 1. The Morgan fingerprint density at radius 2 is 2.18 bits per heavy atom. The number of hydrogen-bond acceptors (Lipinski definition) is 5. The van der Waals surface area contributed by atoms with Crippen molar-refractivity contribution in [3.8, 4) is 0 Å². The van der Waals surface area contributed by atoms with E-state index in [1.165, 1.54) is 6.20 Å². The summed E-state index contributed by atoms with van der Waals surface area (Å²) in [4.78, 5) is 23.2. The molecule has 0 saturated carbocycles. The Hall–Kier alpha value is -2.70. The van der Waals surface area contributed by atoms with E-state index in [0.29, 0.717) is 12.3 Å². The smallest absolute Gasteiger partial charge is 0.293 e. The third-order valence-electron chi connectivity index (χ3n) is 4.04. The van der Waals surface area contributed by atoms with Gasteiger partial charge in [-0.25, -0.2) is 9.97 Å². The van der Waals surface area contributed by atoms with Crippen molar-refractivity contribution in [2.24, 2.45) is 0 Å². The highest BCUT2D eigenvalue weighted by Crippen LogP contribution is 2.31. The molecule has 1 fully saturated rings. The maximum absolute atomic E-state index is 12.6. The lowest BCUT2D eigenvalue weighted by molar-refractivity contribution is 0.0564. The summed E-state index contributed by atoms with van der Waals surface area (Å²) < 4.78 is 6.87. The number of rotatable bonds is 2. The predicted octanol–water partition coefficient (Wildman–Crippen LogP) is 2.08. The van der Waals surface area contributed by atoms with Crippen LogP contribution in [0.4, 0.5) is 0 Å². The first kappa shape index (κ1) is 13.0. The van der Waals surface area contributed by atoms with E-state index in [-0.39, 0.29) is 17.7 Å². The fourth-order valence-corrected chi connectivity index (χ4v) is 2.95. The highest BCUT2D eigenvalue weighted by molar-refractivity contribution is 5.91. The highest BCUT2D eigenvalue weighted by Gasteiger charge is 2.31. The van der Waals surface area contributed by atoms with Gasteiger partial charge in [0.2, 0.25) is 11.5 Å². The molecule has 1 aliphatic rings. The second-order valence-corrected chi connectivity index (χ2v) is 5.37. The van der Waals surface area contributed by atoms with Crippen LogP contribution in [0.2, 0.25) is 0 Å². The number of fused-ring (bicyclic) bond motifs is 1. The first-order valence-corrected chi connectivity index (χ1v) is 7.34. The van der Waals surface area contributed by atoms with Crippen LogP contribution >= 0.6 is 0 Å². The van der Waals surface area contributed by atoms with Crippen molar-refractivity contribution in [1.82, 2.24) is 24.4 Å². The number of nitrogens with zero attached hydrogens (tertiary/aromatic N) is 5. The van der Waals surface area contributed by atoms with Crippen LogP contribution < -0.4 is 0 Å². The molecular weight excluding hydrogens is 282 g/mol. The Labute approximate surface area is 126 Å². The lowest BCUT2D eigenvalue weighted by Gasteiger charge is -2.34. The van der Waals surface area contributed by atoms with Crippen molar-refractivity contribution < 1.29 is 9.32 Å². The van der Waals surface area contributed by atoms with Gasteiger partial charge in [-0.1, -0.05) is 5.16 Å². The Morgan fingerprint density at radius 1 is 1.23 bits per heavy atom. The third-order valence-corrected chi connectivity index (χ3v) is 4.04. The minimum atomic E-state index is -0.132. The SMILES string of the molecule is O=C(c1ccno1)N1CCCCC1c1ccn2ccnc2n1. The standard InChI is InChI=1S/C15H15N5O2/c21-14(13-4-6-17-22-13)20-8-2-1-3-12(20)11-5-9-19-10-7-16-15(19)18-11/h4-7,9-10,12H,1-3,8H2. The van der Waals surface area contributed by atoms with E-state index >= 15 is 0 Å². The summed E-state index contributed by atoms with van der Waals surface area (Å²) in [7, 11) is 0. The van der Waals surface area contributed by atoms with Gasteiger partial charge in [-0.05, 0) is 25.3 Å². The van der Waals surface area contributed by atoms with Gasteiger partial charge in [-0.15, -0.1) is 0 Å². The molecule has 1 saturated heterocycles. The number of hydrogen-bond donors (Lipinski definition) is 0. The van der Waals surface area contributed by atoms with Crippen LogP contribution in [0.3, 0.4) is 0 Å². The number of carbonyl (C=O) groups excluding carboxylic acids is 1. The van der Waals surface area contributed by atoms with Gasteiger partial charge in [-0.3, -0.25) is 9.20 Å². The van der Waals surface area contributed by atoms with Crippen molar-refractivity contribution in [2.75, 3.05) is 6.54 Å². The van der Waals surface area contributed by atoms with E-state index < -0.39 is 0 Å². The van der Waals surface area contributed by atoms with Gasteiger partial charge in [-0.2, -0.15) is 0 Å². The summed E-state index contributed by atoms with van der Waals surface area (Å²) in [6.07, 6.45) is 9.93. The molecule has 0 bridgehead atoms. The maximum Gasteiger partial charge on any atom is 0.293 e. The van der Waals surface area contributed by atoms with Gasteiger partial charge in [0.15, 0.2) is 0 Å². The largest absolute Gasteiger partial charge is 0.351 e. The molecule has 1 atom stereocenters. The van der Waals surface area contributed by atoms with Gasteiger partial charge in [0.25, 0.3) is 5.91 Å². The summed E-state index contributed by atoms with van der Waals surface area (Å²) in [6.45, 7) is 0.700. The molecule has 0 spiro atoms. The van der Waals surface area contributed by atoms with Crippen LogP contribution in [0.1, 0.15) is 41.6 Å². The quantitative estimate of drug-likeness (QED) is 0.724. The van der Waals surface area contributed by atoms with E-state index in [9.17, 15) is 4.79 Å². The normalized spacial score (nSPS) is 18.7. The zero-order valence-corrected chi connectivity index (χ0v) is 11.9. The Kier molecular flexibility index (Phi) is 3.10. The van der Waals surface area contributed by atoms with Crippen molar-refractivity contribution in [3.63, 3.8) is 0 Å². The molecule has 112 valence electrons. The summed E-state index contributed by atoms with van der Waals surface area (Å²) in [5.41, 5.74) is 0.867. The van der Waals surface area contributed by atoms with Gasteiger partial charge in [0, 0.05) is 31.2 Å². The van der Waals surface area contributed by atoms with Crippen LogP contribution in [0.25, 0.3) is 5.78 Å². The molecule has 4 rings (SSSR count). The van der Waals surface area contributed by atoms with E-state index in [2.05, 4.69) is 15.1 Å². The lowest BCUT2D eigenvalue weighted by atomic mass is 9.98. The lowest BCUT2D eigenvalue weighted by Crippen LogP contribution is -2.38. The molecular formula is C15H15N5O2. The Balaban J connectivity index is 1.69.